The van der Waals surface area contributed by atoms with E-state index in [2.05, 4.69) is 15.0 Å². The van der Waals surface area contributed by atoms with Crippen LogP contribution in [0, 0.1) is 0 Å². The number of benzene rings is 2. The fourth-order valence-corrected chi connectivity index (χ4v) is 3.93. The molecule has 0 bridgehead atoms. The van der Waals surface area contributed by atoms with Crippen molar-refractivity contribution in [2.75, 3.05) is 19.5 Å². The Morgan fingerprint density at radius 2 is 1.88 bits per heavy atom. The second kappa shape index (κ2) is 9.34. The number of methoxy groups -OCH3 is 1. The molecule has 1 aliphatic heterocycles. The molecule has 0 saturated carbocycles. The number of hydrogen-bond donors (Lipinski definition) is 2. The van der Waals surface area contributed by atoms with E-state index in [1.165, 1.54) is 10.9 Å². The van der Waals surface area contributed by atoms with E-state index >= 15 is 4.39 Å². The van der Waals surface area contributed by atoms with Gasteiger partial charge in [-0.3, -0.25) is 4.57 Å². The van der Waals surface area contributed by atoms with E-state index in [1.807, 2.05) is 30.3 Å². The SMILES string of the molecule is COc1ccc(-c2nc(N)c3ncn([C@@H]4O[C@H](COCc5ccccc5)[C@@H](O)[C@@H]4F)c3n2)cc1. The van der Waals surface area contributed by atoms with Crippen LogP contribution in [-0.4, -0.2) is 56.7 Å². The number of aliphatic hydroxyl groups excluding tert-OH is 1. The number of halogens is 1. The molecule has 5 rings (SSSR count). The lowest BCUT2D eigenvalue weighted by molar-refractivity contribution is -0.0660. The van der Waals surface area contributed by atoms with Crippen LogP contribution in [0.4, 0.5) is 10.2 Å². The number of anilines is 1. The number of hydrogen-bond acceptors (Lipinski definition) is 8. The Labute approximate surface area is 194 Å². The van der Waals surface area contributed by atoms with Crippen molar-refractivity contribution in [2.24, 2.45) is 0 Å². The summed E-state index contributed by atoms with van der Waals surface area (Å²) in [6.07, 6.45) is -3.66. The highest BCUT2D eigenvalue weighted by molar-refractivity contribution is 5.84. The molecule has 3 N–H and O–H groups in total. The maximum atomic E-state index is 15.1. The van der Waals surface area contributed by atoms with Crippen LogP contribution in [0.5, 0.6) is 5.75 Å². The van der Waals surface area contributed by atoms with Gasteiger partial charge in [-0.1, -0.05) is 30.3 Å². The first-order chi connectivity index (χ1) is 16.5. The Balaban J connectivity index is 1.38. The van der Waals surface area contributed by atoms with Crippen molar-refractivity contribution < 1.29 is 23.7 Å². The number of aromatic nitrogens is 4. The van der Waals surface area contributed by atoms with Gasteiger partial charge in [0.15, 0.2) is 29.7 Å². The fraction of sp³-hybridized carbons (Fsp3) is 0.292. The lowest BCUT2D eigenvalue weighted by atomic mass is 10.1. The van der Waals surface area contributed by atoms with Gasteiger partial charge in [0.1, 0.15) is 23.5 Å². The van der Waals surface area contributed by atoms with Crippen molar-refractivity contribution in [3.05, 3.63) is 66.5 Å². The van der Waals surface area contributed by atoms with E-state index < -0.39 is 24.6 Å². The molecule has 1 fully saturated rings. The van der Waals surface area contributed by atoms with Gasteiger partial charge < -0.3 is 25.1 Å². The summed E-state index contributed by atoms with van der Waals surface area (Å²) >= 11 is 0. The molecular formula is C24H24FN5O4. The second-order valence-corrected chi connectivity index (χ2v) is 7.99. The first-order valence-electron chi connectivity index (χ1n) is 10.8. The first-order valence-corrected chi connectivity index (χ1v) is 10.8. The third-order valence-corrected chi connectivity index (χ3v) is 5.76. The number of aliphatic hydroxyl groups is 1. The minimum atomic E-state index is -1.71. The molecule has 1 aliphatic rings. The van der Waals surface area contributed by atoms with E-state index in [9.17, 15) is 5.11 Å². The zero-order chi connectivity index (χ0) is 23.7. The van der Waals surface area contributed by atoms with Crippen molar-refractivity contribution in [3.8, 4) is 17.1 Å². The van der Waals surface area contributed by atoms with Crippen LogP contribution in [-0.2, 0) is 16.1 Å². The molecule has 176 valence electrons. The summed E-state index contributed by atoms with van der Waals surface area (Å²) in [5.41, 5.74) is 8.43. The van der Waals surface area contributed by atoms with E-state index in [4.69, 9.17) is 19.9 Å². The van der Waals surface area contributed by atoms with Crippen LogP contribution in [0.1, 0.15) is 11.8 Å². The van der Waals surface area contributed by atoms with Crippen LogP contribution in [0.15, 0.2) is 60.9 Å². The minimum absolute atomic E-state index is 0.0355. The third-order valence-electron chi connectivity index (χ3n) is 5.76. The van der Waals surface area contributed by atoms with Crippen LogP contribution in [0.3, 0.4) is 0 Å². The van der Waals surface area contributed by atoms with Crippen molar-refractivity contribution in [1.82, 2.24) is 19.5 Å². The maximum Gasteiger partial charge on any atom is 0.173 e. The fourth-order valence-electron chi connectivity index (χ4n) is 3.93. The summed E-state index contributed by atoms with van der Waals surface area (Å²) in [5, 5.41) is 10.4. The largest absolute Gasteiger partial charge is 0.497 e. The van der Waals surface area contributed by atoms with Gasteiger partial charge in [0.25, 0.3) is 0 Å². The Hall–Kier alpha value is -3.60. The summed E-state index contributed by atoms with van der Waals surface area (Å²) in [6.45, 7) is 0.367. The summed E-state index contributed by atoms with van der Waals surface area (Å²) < 4.78 is 33.2. The van der Waals surface area contributed by atoms with Gasteiger partial charge in [0.2, 0.25) is 0 Å². The molecule has 9 nitrogen and oxygen atoms in total. The van der Waals surface area contributed by atoms with E-state index in [1.54, 1.807) is 31.4 Å². The Kier molecular flexibility index (Phi) is 6.10. The smallest absolute Gasteiger partial charge is 0.173 e. The average molecular weight is 465 g/mol. The molecule has 1 saturated heterocycles. The zero-order valence-corrected chi connectivity index (χ0v) is 18.4. The van der Waals surface area contributed by atoms with Crippen molar-refractivity contribution in [3.63, 3.8) is 0 Å². The number of imidazole rings is 1. The van der Waals surface area contributed by atoms with E-state index in [0.29, 0.717) is 34.9 Å². The number of rotatable bonds is 7. The normalized spacial score (nSPS) is 22.3. The molecule has 0 radical (unpaired) electrons. The number of ether oxygens (including phenoxy) is 3. The number of nitrogen functional groups attached to an aromatic ring is 1. The monoisotopic (exact) mass is 465 g/mol. The van der Waals surface area contributed by atoms with Gasteiger partial charge in [-0.15, -0.1) is 0 Å². The molecule has 2 aromatic heterocycles. The number of alkyl halides is 1. The second-order valence-electron chi connectivity index (χ2n) is 7.99. The van der Waals surface area contributed by atoms with Gasteiger partial charge in [-0.05, 0) is 29.8 Å². The highest BCUT2D eigenvalue weighted by Gasteiger charge is 2.46. The quantitative estimate of drug-likeness (QED) is 0.428. The summed E-state index contributed by atoms with van der Waals surface area (Å²) in [6, 6.07) is 16.7. The lowest BCUT2D eigenvalue weighted by Gasteiger charge is -2.16. The molecule has 2 aromatic carbocycles. The van der Waals surface area contributed by atoms with Crippen LogP contribution < -0.4 is 10.5 Å². The Morgan fingerprint density at radius 1 is 1.12 bits per heavy atom. The third kappa shape index (κ3) is 4.18. The zero-order valence-electron chi connectivity index (χ0n) is 18.4. The maximum absolute atomic E-state index is 15.1. The Bertz CT molecular complexity index is 1270. The average Bonchev–Trinajstić information content (AvgIpc) is 3.41. The molecule has 3 heterocycles. The highest BCUT2D eigenvalue weighted by Crippen LogP contribution is 2.35. The lowest BCUT2D eigenvalue weighted by Crippen LogP contribution is -2.31. The molecule has 0 aliphatic carbocycles. The number of nitrogens with two attached hydrogens (primary N) is 1. The molecule has 4 aromatic rings. The van der Waals surface area contributed by atoms with Gasteiger partial charge in [0, 0.05) is 5.56 Å². The standard InChI is InChI=1S/C24H24FN5O4/c1-32-16-9-7-15(8-10-16)22-28-21(26)19-23(29-22)30(13-27-19)24-18(25)20(31)17(34-24)12-33-11-14-5-3-2-4-6-14/h2-10,13,17-18,20,24,31H,11-12H2,1H3,(H2,26,28,29)/t17-,18+,20-,24-/m1/s1. The summed E-state index contributed by atoms with van der Waals surface area (Å²) in [5.74, 6) is 1.20. The van der Waals surface area contributed by atoms with Gasteiger partial charge in [-0.2, -0.15) is 0 Å². The topological polar surface area (TPSA) is 118 Å². The summed E-state index contributed by atoms with van der Waals surface area (Å²) in [7, 11) is 1.58. The van der Waals surface area contributed by atoms with Gasteiger partial charge in [-0.25, -0.2) is 19.3 Å². The molecule has 4 atom stereocenters. The van der Waals surface area contributed by atoms with Gasteiger partial charge in [0.05, 0.1) is 26.7 Å². The molecule has 10 heteroatoms. The number of nitrogens with zero attached hydrogens (tertiary/aromatic N) is 4. The predicted octanol–water partition coefficient (Wildman–Crippen LogP) is 2.90. The molecule has 0 spiro atoms. The van der Waals surface area contributed by atoms with E-state index in [0.717, 1.165) is 5.56 Å². The summed E-state index contributed by atoms with van der Waals surface area (Å²) in [4.78, 5) is 13.1. The van der Waals surface area contributed by atoms with Gasteiger partial charge >= 0.3 is 0 Å². The van der Waals surface area contributed by atoms with Crippen LogP contribution in [0.2, 0.25) is 0 Å². The predicted molar refractivity (Wildman–Crippen MR) is 123 cm³/mol. The molecule has 0 unspecified atom stereocenters. The first kappa shape index (κ1) is 22.2. The van der Waals surface area contributed by atoms with Crippen molar-refractivity contribution in [2.45, 2.75) is 31.2 Å². The Morgan fingerprint density at radius 3 is 2.62 bits per heavy atom. The molecule has 0 amide bonds. The van der Waals surface area contributed by atoms with Crippen LogP contribution in [0.25, 0.3) is 22.6 Å². The number of fused-ring (bicyclic) bond motifs is 1. The minimum Gasteiger partial charge on any atom is -0.497 e. The molecule has 34 heavy (non-hydrogen) atoms. The highest BCUT2D eigenvalue weighted by atomic mass is 19.1. The van der Waals surface area contributed by atoms with Crippen molar-refractivity contribution in [1.29, 1.82) is 0 Å². The molecular weight excluding hydrogens is 441 g/mol. The van der Waals surface area contributed by atoms with Crippen molar-refractivity contribution >= 4 is 17.0 Å². The van der Waals surface area contributed by atoms with E-state index in [-0.39, 0.29) is 12.4 Å². The van der Waals surface area contributed by atoms with Crippen LogP contribution >= 0.6 is 0 Å².